The molecule has 1 aliphatic carbocycles. The van der Waals surface area contributed by atoms with E-state index in [0.29, 0.717) is 32.1 Å². The third kappa shape index (κ3) is 5.20. The van der Waals surface area contributed by atoms with Crippen molar-refractivity contribution in [1.29, 1.82) is 0 Å². The molecule has 250 valence electrons. The van der Waals surface area contributed by atoms with Crippen molar-refractivity contribution >= 4 is 33.5 Å². The third-order valence-electron chi connectivity index (χ3n) is 11.8. The zero-order chi connectivity index (χ0) is 32.4. The Labute approximate surface area is 280 Å². The van der Waals surface area contributed by atoms with Crippen LogP contribution in [-0.2, 0) is 0 Å². The van der Waals surface area contributed by atoms with Crippen LogP contribution in [0.4, 0.5) is 10.6 Å². The summed E-state index contributed by atoms with van der Waals surface area (Å²) in [6.45, 7) is 4.25. The first-order chi connectivity index (χ1) is 23.4. The molecule has 10 heteroatoms. The van der Waals surface area contributed by atoms with Crippen LogP contribution >= 0.6 is 0 Å². The molecule has 4 aromatic rings. The van der Waals surface area contributed by atoms with Crippen molar-refractivity contribution in [2.75, 3.05) is 37.7 Å². The Morgan fingerprint density at radius 2 is 1.73 bits per heavy atom. The minimum Gasteiger partial charge on any atom is -0.508 e. The van der Waals surface area contributed by atoms with Crippen molar-refractivity contribution in [3.8, 4) is 22.9 Å². The molecule has 3 N–H and O–H groups in total. The number of urea groups is 1. The monoisotopic (exact) mass is 648 g/mol. The molecule has 9 rings (SSSR count). The van der Waals surface area contributed by atoms with Crippen LogP contribution in [0.15, 0.2) is 54.6 Å². The van der Waals surface area contributed by atoms with E-state index in [4.69, 9.17) is 14.7 Å². The van der Waals surface area contributed by atoms with Crippen LogP contribution in [0.5, 0.6) is 11.8 Å². The first-order valence-corrected chi connectivity index (χ1v) is 17.9. The third-order valence-corrected chi connectivity index (χ3v) is 11.8. The van der Waals surface area contributed by atoms with Crippen LogP contribution in [0.3, 0.4) is 0 Å². The number of aromatic hydroxyl groups is 1. The Balaban J connectivity index is 1.06. The van der Waals surface area contributed by atoms with E-state index >= 15 is 0 Å². The van der Waals surface area contributed by atoms with Crippen molar-refractivity contribution in [1.82, 2.24) is 25.1 Å². The Kier molecular flexibility index (Phi) is 7.34. The second-order valence-corrected chi connectivity index (χ2v) is 14.8. The fourth-order valence-electron chi connectivity index (χ4n) is 9.50. The van der Waals surface area contributed by atoms with Gasteiger partial charge in [0.1, 0.15) is 18.2 Å². The van der Waals surface area contributed by atoms with Gasteiger partial charge in [0.2, 0.25) is 0 Å². The number of hydrogen-bond donors (Lipinski definition) is 3. The Hall–Kier alpha value is -4.15. The molecule has 5 heterocycles. The molecular weight excluding hydrogens is 604 g/mol. The number of aliphatic hydroxyl groups excluding tert-OH is 1. The number of aliphatic hydroxyl groups is 1. The van der Waals surface area contributed by atoms with Gasteiger partial charge >= 0.3 is 12.0 Å². The first kappa shape index (κ1) is 29.9. The van der Waals surface area contributed by atoms with Gasteiger partial charge in [-0.15, -0.1) is 0 Å². The van der Waals surface area contributed by atoms with Gasteiger partial charge in [0.05, 0.1) is 29.2 Å². The van der Waals surface area contributed by atoms with Gasteiger partial charge in [0, 0.05) is 24.5 Å². The molecule has 48 heavy (non-hydrogen) atoms. The van der Waals surface area contributed by atoms with Gasteiger partial charge in [-0.1, -0.05) is 30.3 Å². The number of ether oxygens (including phenoxy) is 1. The van der Waals surface area contributed by atoms with Gasteiger partial charge in [0.25, 0.3) is 0 Å². The normalized spacial score (nSPS) is 26.4. The number of rotatable bonds is 6. The summed E-state index contributed by atoms with van der Waals surface area (Å²) in [4.78, 5) is 30.6. The number of hydrogen-bond acceptors (Lipinski definition) is 8. The molecule has 0 spiro atoms. The van der Waals surface area contributed by atoms with E-state index in [1.807, 2.05) is 24.3 Å². The van der Waals surface area contributed by atoms with E-state index in [1.54, 1.807) is 6.07 Å². The van der Waals surface area contributed by atoms with Gasteiger partial charge in [-0.2, -0.15) is 9.97 Å². The highest BCUT2D eigenvalue weighted by Crippen LogP contribution is 2.41. The standard InChI is InChI=1S/C38H44N6O4/c45-29-11-8-26(19-29)39-37(47)44-27-9-10-28(44)22-42(21-27)35-32-12-7-25(33-20-30(46)17-24-5-1-2-6-31(24)33)18-34(32)40-36(41-35)48-23-38-13-3-15-43(38)16-4-14-38/h1-2,5-7,12,17-18,20,26-29,45-46H,3-4,8-11,13-16,19,21-23H2,(H,39,47)/t26-,27?,28?,29-/m0/s1. The maximum absolute atomic E-state index is 13.5. The molecule has 2 bridgehead atoms. The highest BCUT2D eigenvalue weighted by Gasteiger charge is 2.46. The van der Waals surface area contributed by atoms with E-state index in [-0.39, 0.29) is 41.5 Å². The lowest BCUT2D eigenvalue weighted by atomic mass is 9.95. The Morgan fingerprint density at radius 1 is 0.938 bits per heavy atom. The summed E-state index contributed by atoms with van der Waals surface area (Å²) in [6.07, 6.45) is 8.52. The highest BCUT2D eigenvalue weighted by molar-refractivity contribution is 6.01. The number of nitrogens with zero attached hydrogens (tertiary/aromatic N) is 5. The molecule has 4 saturated heterocycles. The molecule has 5 fully saturated rings. The minimum absolute atomic E-state index is 0.00209. The van der Waals surface area contributed by atoms with E-state index in [9.17, 15) is 15.0 Å². The van der Waals surface area contributed by atoms with Crippen LogP contribution in [0.25, 0.3) is 32.8 Å². The minimum atomic E-state index is -0.317. The molecule has 2 amide bonds. The number of anilines is 1. The number of amides is 2. The van der Waals surface area contributed by atoms with Gasteiger partial charge in [-0.25, -0.2) is 4.79 Å². The zero-order valence-corrected chi connectivity index (χ0v) is 27.4. The maximum atomic E-state index is 13.5. The molecule has 2 unspecified atom stereocenters. The van der Waals surface area contributed by atoms with Crippen LogP contribution < -0.4 is 15.0 Å². The van der Waals surface area contributed by atoms with Crippen LogP contribution in [0, 0.1) is 0 Å². The lowest BCUT2D eigenvalue weighted by Crippen LogP contribution is -2.59. The second kappa shape index (κ2) is 11.8. The van der Waals surface area contributed by atoms with Gasteiger partial charge in [0.15, 0.2) is 0 Å². The van der Waals surface area contributed by atoms with Crippen LogP contribution in [0.1, 0.15) is 57.8 Å². The number of aromatic nitrogens is 2. The second-order valence-electron chi connectivity index (χ2n) is 14.8. The van der Waals surface area contributed by atoms with E-state index < -0.39 is 0 Å². The number of piperazine rings is 1. The van der Waals surface area contributed by atoms with E-state index in [2.05, 4.69) is 44.3 Å². The van der Waals surface area contributed by atoms with Crippen molar-refractivity contribution < 1.29 is 19.7 Å². The maximum Gasteiger partial charge on any atom is 0.319 e. The number of phenols is 1. The predicted molar refractivity (Wildman–Crippen MR) is 185 cm³/mol. The summed E-state index contributed by atoms with van der Waals surface area (Å²) in [5.74, 6) is 1.08. The molecule has 1 aromatic heterocycles. The van der Waals surface area contributed by atoms with E-state index in [1.165, 1.54) is 12.8 Å². The van der Waals surface area contributed by atoms with Gasteiger partial charge in [-0.05, 0) is 117 Å². The largest absolute Gasteiger partial charge is 0.508 e. The molecule has 0 radical (unpaired) electrons. The van der Waals surface area contributed by atoms with E-state index in [0.717, 1.165) is 90.2 Å². The predicted octanol–water partition coefficient (Wildman–Crippen LogP) is 5.44. The molecule has 10 nitrogen and oxygen atoms in total. The first-order valence-electron chi connectivity index (χ1n) is 17.9. The SMILES string of the molecule is O=C(N[C@H]1CC[C@H](O)C1)N1C2CCC1CN(c1nc(OCC34CCCN3CCC4)nc3cc(-c4cc(O)cc5ccccc45)ccc13)C2. The molecule has 4 aliphatic heterocycles. The van der Waals surface area contributed by atoms with Crippen LogP contribution in [-0.4, -0.2) is 98.6 Å². The topological polar surface area (TPSA) is 114 Å². The average Bonchev–Trinajstić information content (AvgIpc) is 3.85. The Bertz CT molecular complexity index is 1860. The van der Waals surface area contributed by atoms with Crippen LogP contribution in [0.2, 0.25) is 0 Å². The number of phenolic OH excluding ortho intramolecular Hbond substituents is 1. The van der Waals surface area contributed by atoms with Crippen molar-refractivity contribution in [3.63, 3.8) is 0 Å². The number of benzene rings is 3. The van der Waals surface area contributed by atoms with Crippen molar-refractivity contribution in [2.24, 2.45) is 0 Å². The molecule has 4 atom stereocenters. The average molecular weight is 649 g/mol. The van der Waals surface area contributed by atoms with Crippen molar-refractivity contribution in [3.05, 3.63) is 54.6 Å². The quantitative estimate of drug-likeness (QED) is 0.254. The highest BCUT2D eigenvalue weighted by atomic mass is 16.5. The summed E-state index contributed by atoms with van der Waals surface area (Å²) in [6, 6.07) is 18.7. The van der Waals surface area contributed by atoms with Crippen molar-refractivity contribution in [2.45, 2.75) is 87.6 Å². The molecule has 5 aliphatic rings. The fourth-order valence-corrected chi connectivity index (χ4v) is 9.50. The lowest BCUT2D eigenvalue weighted by Gasteiger charge is -2.42. The summed E-state index contributed by atoms with van der Waals surface area (Å²) in [7, 11) is 0. The molecular formula is C38H44N6O4. The number of nitrogens with one attached hydrogen (secondary N) is 1. The fraction of sp³-hybridized carbons (Fsp3) is 0.500. The summed E-state index contributed by atoms with van der Waals surface area (Å²) >= 11 is 0. The smallest absolute Gasteiger partial charge is 0.319 e. The number of carbonyl (C=O) groups excluding carboxylic acids is 1. The lowest BCUT2D eigenvalue weighted by molar-refractivity contribution is 0.108. The summed E-state index contributed by atoms with van der Waals surface area (Å²) in [5, 5.41) is 26.8. The Morgan fingerprint density at radius 3 is 2.50 bits per heavy atom. The number of fused-ring (bicyclic) bond motifs is 5. The summed E-state index contributed by atoms with van der Waals surface area (Å²) in [5.41, 5.74) is 2.81. The molecule has 3 aromatic carbocycles. The van der Waals surface area contributed by atoms with Gasteiger partial charge < -0.3 is 30.1 Å². The number of carbonyl (C=O) groups is 1. The molecule has 1 saturated carbocycles. The zero-order valence-electron chi connectivity index (χ0n) is 27.4. The van der Waals surface area contributed by atoms with Gasteiger partial charge in [-0.3, -0.25) is 4.90 Å². The summed E-state index contributed by atoms with van der Waals surface area (Å²) < 4.78 is 6.56.